The van der Waals surface area contributed by atoms with E-state index in [1.807, 2.05) is 48.5 Å². The molecule has 0 unspecified atom stereocenters. The van der Waals surface area contributed by atoms with Crippen LogP contribution in [0.4, 0.5) is 16.2 Å². The number of fused-ring (bicyclic) bond motifs is 3. The number of rotatable bonds is 3. The van der Waals surface area contributed by atoms with Crippen LogP contribution in [0.25, 0.3) is 0 Å². The second kappa shape index (κ2) is 6.43. The highest BCUT2D eigenvalue weighted by atomic mass is 16.5. The molecule has 2 aliphatic heterocycles. The Labute approximate surface area is 141 Å². The zero-order valence-corrected chi connectivity index (χ0v) is 13.4. The Kier molecular flexibility index (Phi) is 3.99. The number of benzene rings is 2. The van der Waals surface area contributed by atoms with Crippen molar-refractivity contribution in [1.29, 1.82) is 0 Å². The van der Waals surface area contributed by atoms with Gasteiger partial charge in [0.15, 0.2) is 0 Å². The molecule has 5 heteroatoms. The maximum atomic E-state index is 12.0. The minimum atomic E-state index is -0.464. The topological polar surface area (TPSA) is 50.8 Å². The van der Waals surface area contributed by atoms with Crippen LogP contribution >= 0.6 is 0 Å². The molecule has 2 aromatic rings. The molecule has 0 spiro atoms. The zero-order chi connectivity index (χ0) is 16.4. The second-order valence-electron chi connectivity index (χ2n) is 6.17. The number of anilines is 2. The fourth-order valence-electron chi connectivity index (χ4n) is 3.33. The van der Waals surface area contributed by atoms with Crippen LogP contribution in [0, 0.1) is 0 Å². The second-order valence-corrected chi connectivity index (χ2v) is 6.17. The third-order valence-electron chi connectivity index (χ3n) is 4.54. The molecule has 1 saturated heterocycles. The van der Waals surface area contributed by atoms with Crippen molar-refractivity contribution in [2.24, 2.45) is 0 Å². The van der Waals surface area contributed by atoms with Crippen LogP contribution in [0.2, 0.25) is 0 Å². The number of hydrogen-bond acceptors (Lipinski definition) is 4. The van der Waals surface area contributed by atoms with Gasteiger partial charge in [-0.25, -0.2) is 4.79 Å². The van der Waals surface area contributed by atoms with Crippen molar-refractivity contribution in [3.8, 4) is 5.75 Å². The third-order valence-corrected chi connectivity index (χ3v) is 4.54. The Morgan fingerprint density at radius 3 is 3.00 bits per heavy atom. The van der Waals surface area contributed by atoms with Crippen LogP contribution in [0.5, 0.6) is 5.75 Å². The summed E-state index contributed by atoms with van der Waals surface area (Å²) < 4.78 is 11.1. The van der Waals surface area contributed by atoms with Gasteiger partial charge in [-0.2, -0.15) is 0 Å². The molecular formula is C19H20N2O3. The first-order chi connectivity index (χ1) is 11.8. The predicted octanol–water partition coefficient (Wildman–Crippen LogP) is 3.80. The summed E-state index contributed by atoms with van der Waals surface area (Å²) in [6, 6.07) is 15.9. The van der Waals surface area contributed by atoms with Crippen molar-refractivity contribution >= 4 is 17.5 Å². The molecule has 0 bridgehead atoms. The third kappa shape index (κ3) is 3.02. The minimum Gasteiger partial charge on any atom is -0.489 e. The molecule has 0 aromatic heterocycles. The lowest BCUT2D eigenvalue weighted by molar-refractivity contribution is 0.155. The summed E-state index contributed by atoms with van der Waals surface area (Å²) in [7, 11) is 0. The van der Waals surface area contributed by atoms with Gasteiger partial charge in [0, 0.05) is 18.3 Å². The number of ether oxygens (including phenoxy) is 2. The fraction of sp³-hybridized carbons (Fsp3) is 0.316. The number of carbonyl (C=O) groups is 1. The van der Waals surface area contributed by atoms with Crippen molar-refractivity contribution in [3.63, 3.8) is 0 Å². The van der Waals surface area contributed by atoms with Gasteiger partial charge in [-0.05, 0) is 30.5 Å². The molecule has 2 aromatic carbocycles. The highest BCUT2D eigenvalue weighted by Crippen LogP contribution is 2.39. The first-order valence-corrected chi connectivity index (χ1v) is 8.31. The van der Waals surface area contributed by atoms with Gasteiger partial charge >= 0.3 is 6.09 Å². The van der Waals surface area contributed by atoms with E-state index in [-0.39, 0.29) is 6.61 Å². The standard InChI is InChI=1S/C19H20N2O3/c22-19(24-12-14-5-2-1-3-6-14)20-15-8-9-17-18(11-15)23-13-16-7-4-10-21(16)17/h1-3,5-6,8-9,11,16H,4,7,10,12-13H2,(H,20,22)/t16-/m0/s1. The van der Waals surface area contributed by atoms with Crippen molar-refractivity contribution in [2.45, 2.75) is 25.5 Å². The van der Waals surface area contributed by atoms with Gasteiger partial charge in [0.2, 0.25) is 0 Å². The van der Waals surface area contributed by atoms with Gasteiger partial charge < -0.3 is 14.4 Å². The average molecular weight is 324 g/mol. The van der Waals surface area contributed by atoms with Crippen LogP contribution in [0.1, 0.15) is 18.4 Å². The summed E-state index contributed by atoms with van der Waals surface area (Å²) >= 11 is 0. The molecular weight excluding hydrogens is 304 g/mol. The van der Waals surface area contributed by atoms with Gasteiger partial charge in [-0.3, -0.25) is 5.32 Å². The first kappa shape index (κ1) is 14.9. The van der Waals surface area contributed by atoms with Crippen LogP contribution < -0.4 is 15.0 Å². The quantitative estimate of drug-likeness (QED) is 0.933. The lowest BCUT2D eigenvalue weighted by Crippen LogP contribution is -2.38. The molecule has 0 saturated carbocycles. The van der Waals surface area contributed by atoms with Crippen LogP contribution in [-0.2, 0) is 11.3 Å². The van der Waals surface area contributed by atoms with E-state index >= 15 is 0 Å². The normalized spacial score (nSPS) is 18.3. The van der Waals surface area contributed by atoms with Gasteiger partial charge in [0.25, 0.3) is 0 Å². The molecule has 1 N–H and O–H groups in total. The van der Waals surface area contributed by atoms with E-state index in [0.717, 1.165) is 30.2 Å². The molecule has 1 atom stereocenters. The van der Waals surface area contributed by atoms with Crippen LogP contribution in [0.15, 0.2) is 48.5 Å². The molecule has 5 nitrogen and oxygen atoms in total. The summed E-state index contributed by atoms with van der Waals surface area (Å²) in [6.45, 7) is 2.05. The van der Waals surface area contributed by atoms with Crippen LogP contribution in [0.3, 0.4) is 0 Å². The molecule has 24 heavy (non-hydrogen) atoms. The number of nitrogens with one attached hydrogen (secondary N) is 1. The number of hydrogen-bond donors (Lipinski definition) is 1. The lowest BCUT2D eigenvalue weighted by atomic mass is 10.1. The monoisotopic (exact) mass is 324 g/mol. The van der Waals surface area contributed by atoms with Gasteiger partial charge in [-0.1, -0.05) is 30.3 Å². The highest BCUT2D eigenvalue weighted by Gasteiger charge is 2.31. The molecule has 1 amide bonds. The van der Waals surface area contributed by atoms with E-state index in [1.165, 1.54) is 12.8 Å². The van der Waals surface area contributed by atoms with E-state index in [2.05, 4.69) is 10.2 Å². The number of amides is 1. The molecule has 0 aliphatic carbocycles. The average Bonchev–Trinajstić information content (AvgIpc) is 3.10. The van der Waals surface area contributed by atoms with Crippen molar-refractivity contribution in [2.75, 3.05) is 23.4 Å². The van der Waals surface area contributed by atoms with E-state index in [1.54, 1.807) is 0 Å². The van der Waals surface area contributed by atoms with E-state index < -0.39 is 6.09 Å². The molecule has 0 radical (unpaired) electrons. The zero-order valence-electron chi connectivity index (χ0n) is 13.4. The summed E-state index contributed by atoms with van der Waals surface area (Å²) in [6.07, 6.45) is 1.93. The summed E-state index contributed by atoms with van der Waals surface area (Å²) in [4.78, 5) is 14.4. The van der Waals surface area contributed by atoms with E-state index in [9.17, 15) is 4.79 Å². The Morgan fingerprint density at radius 1 is 1.25 bits per heavy atom. The van der Waals surface area contributed by atoms with Crippen molar-refractivity contribution in [1.82, 2.24) is 0 Å². The number of carbonyl (C=O) groups excluding carboxylic acids is 1. The maximum Gasteiger partial charge on any atom is 0.411 e. The molecule has 4 rings (SSSR count). The van der Waals surface area contributed by atoms with Gasteiger partial charge in [-0.15, -0.1) is 0 Å². The molecule has 124 valence electrons. The molecule has 1 fully saturated rings. The number of nitrogens with zero attached hydrogens (tertiary/aromatic N) is 1. The summed E-state index contributed by atoms with van der Waals surface area (Å²) in [5.41, 5.74) is 2.76. The van der Waals surface area contributed by atoms with Crippen LogP contribution in [-0.4, -0.2) is 25.3 Å². The van der Waals surface area contributed by atoms with Gasteiger partial charge in [0.05, 0.1) is 11.7 Å². The molecule has 2 aliphatic rings. The summed E-state index contributed by atoms with van der Waals surface area (Å²) in [5.74, 6) is 0.828. The van der Waals surface area contributed by atoms with Crippen molar-refractivity contribution in [3.05, 3.63) is 54.1 Å². The van der Waals surface area contributed by atoms with E-state index in [4.69, 9.17) is 9.47 Å². The lowest BCUT2D eigenvalue weighted by Gasteiger charge is -2.33. The maximum absolute atomic E-state index is 12.0. The fourth-order valence-corrected chi connectivity index (χ4v) is 3.33. The Morgan fingerprint density at radius 2 is 2.12 bits per heavy atom. The van der Waals surface area contributed by atoms with E-state index in [0.29, 0.717) is 11.7 Å². The Balaban J connectivity index is 1.39. The van der Waals surface area contributed by atoms with Gasteiger partial charge in [0.1, 0.15) is 19.0 Å². The molecule has 2 heterocycles. The SMILES string of the molecule is O=C(Nc1ccc2c(c1)OC[C@@H]1CCCN21)OCc1ccccc1. The summed E-state index contributed by atoms with van der Waals surface area (Å²) in [5, 5.41) is 2.76. The smallest absolute Gasteiger partial charge is 0.411 e. The van der Waals surface area contributed by atoms with Crippen molar-refractivity contribution < 1.29 is 14.3 Å². The predicted molar refractivity (Wildman–Crippen MR) is 92.6 cm³/mol. The largest absolute Gasteiger partial charge is 0.489 e. The Bertz CT molecular complexity index is 733. The Hall–Kier alpha value is -2.69. The minimum absolute atomic E-state index is 0.254. The highest BCUT2D eigenvalue weighted by molar-refractivity contribution is 5.85. The first-order valence-electron chi connectivity index (χ1n) is 8.31.